The lowest BCUT2D eigenvalue weighted by atomic mass is 9.97. The highest BCUT2D eigenvalue weighted by molar-refractivity contribution is 8.77. The van der Waals surface area contributed by atoms with Crippen molar-refractivity contribution in [2.75, 3.05) is 26.0 Å². The minimum absolute atomic E-state index is 0.0509. The van der Waals surface area contributed by atoms with Crippen molar-refractivity contribution < 1.29 is 78.5 Å². The number of hydrogen-bond acceptors (Lipinski definition) is 17. The summed E-state index contributed by atoms with van der Waals surface area (Å²) in [7, 11) is 5.18. The molecule has 5 rings (SSSR count). The van der Waals surface area contributed by atoms with E-state index >= 15 is 0 Å². The van der Waals surface area contributed by atoms with E-state index in [4.69, 9.17) is 54.2 Å². The summed E-state index contributed by atoms with van der Waals surface area (Å²) in [6.45, 7) is 12.2. The average molecular weight is 1190 g/mol. The number of benzene rings is 4. The van der Waals surface area contributed by atoms with Crippen molar-refractivity contribution in [3.05, 3.63) is 147 Å². The summed E-state index contributed by atoms with van der Waals surface area (Å²) in [5.41, 5.74) is 8.76. The first-order chi connectivity index (χ1) is 37.8. The number of aliphatic hydroxyl groups is 1. The number of aromatic carboxylic acids is 1. The predicted molar refractivity (Wildman–Crippen MR) is 315 cm³/mol. The number of carbonyl (C=O) groups is 9. The molecule has 1 atom stereocenters. The van der Waals surface area contributed by atoms with Crippen molar-refractivity contribution in [3.8, 4) is 5.75 Å². The Balaban J connectivity index is -0.000000424. The molecule has 4 aromatic carbocycles. The van der Waals surface area contributed by atoms with Gasteiger partial charge >= 0.3 is 17.9 Å². The molecule has 1 fully saturated rings. The molecular weight excluding hydrogens is 1110 g/mol. The van der Waals surface area contributed by atoms with E-state index in [1.54, 1.807) is 76.2 Å². The molecule has 0 radical (unpaired) electrons. The standard InChI is InChI=1S/C16H14Cl2O.C9H16OS2.C8H8O2.C7H6O2.C5H6O4.C5H10O.C4H8O2.C3H9N.C2H4O3/c1-11(19)9-12-5-2-3-6-13(12)10-14-15(17)7-4-8-16(14)18;1-8(10)4-2-3-5-9-6-7-11-12-9;1-6(9)7-4-2-3-5-8(7)10;8-7(9)6-4-2-1-3-5-6;1-9-5(8)3-2-4(6)7;1-3-4-5(2)6;1-2-3-4(5)6;1-2-3-4;3-1-2(4)5/h2-8H,9-10H2,1H3;9H,2-7H2,1H3;2-5,10H,1H3;1-5H,(H,8,9);2-3H,1H3,(H,6,7);3-4H2,1-2H3;2-3H2,1H3,(H,5,6);2-4H2,1H3;3H,1H2,(H,4,5)/p-2/b;;;;3-2+;;;;/t;9-;;;;;;;/m.1......./s1. The number of aliphatic carboxylic acids is 3. The van der Waals surface area contributed by atoms with Crippen LogP contribution in [0.5, 0.6) is 5.75 Å². The van der Waals surface area contributed by atoms with Crippen LogP contribution in [0.3, 0.4) is 0 Å². The van der Waals surface area contributed by atoms with E-state index in [-0.39, 0.29) is 29.5 Å². The Morgan fingerprint density at radius 3 is 1.55 bits per heavy atom. The van der Waals surface area contributed by atoms with Crippen molar-refractivity contribution >= 4 is 97.8 Å². The number of halogens is 2. The van der Waals surface area contributed by atoms with Gasteiger partial charge in [0.05, 0.1) is 24.2 Å². The molecule has 0 bridgehead atoms. The van der Waals surface area contributed by atoms with E-state index in [9.17, 15) is 48.6 Å². The molecule has 0 spiro atoms. The summed E-state index contributed by atoms with van der Waals surface area (Å²) < 4.78 is 4.08. The number of carbonyl (C=O) groups excluding carboxylic acids is 7. The van der Waals surface area contributed by atoms with Crippen molar-refractivity contribution in [3.63, 3.8) is 0 Å². The molecule has 80 heavy (non-hydrogen) atoms. The molecule has 1 aliphatic heterocycles. The summed E-state index contributed by atoms with van der Waals surface area (Å²) in [4.78, 5) is 91.2. The molecule has 17 nitrogen and oxygen atoms in total. The van der Waals surface area contributed by atoms with Crippen LogP contribution in [0.15, 0.2) is 109 Å². The van der Waals surface area contributed by atoms with Gasteiger partial charge in [0.25, 0.3) is 0 Å². The molecule has 6 N–H and O–H groups in total. The molecule has 0 saturated carbocycles. The molecule has 1 saturated heterocycles. The molecule has 0 aliphatic carbocycles. The van der Waals surface area contributed by atoms with Crippen LogP contribution in [-0.2, 0) is 51.1 Å². The number of para-hydroxylation sites is 1. The van der Waals surface area contributed by atoms with E-state index in [0.29, 0.717) is 52.3 Å². The molecule has 1 heterocycles. The van der Waals surface area contributed by atoms with Gasteiger partial charge in [-0.15, -0.1) is 0 Å². The summed E-state index contributed by atoms with van der Waals surface area (Å²) in [6, 6.07) is 28.2. The molecule has 0 aromatic heterocycles. The van der Waals surface area contributed by atoms with Gasteiger partial charge in [-0.05, 0) is 132 Å². The Labute approximate surface area is 489 Å². The Kier molecular flexibility index (Phi) is 53.4. The molecule has 0 amide bonds. The number of rotatable bonds is 19. The first-order valence-electron chi connectivity index (χ1n) is 25.3. The van der Waals surface area contributed by atoms with Crippen molar-refractivity contribution in [1.82, 2.24) is 0 Å². The van der Waals surface area contributed by atoms with Gasteiger partial charge in [0.1, 0.15) is 29.7 Å². The average Bonchev–Trinajstić information content (AvgIpc) is 3.94. The number of ether oxygens (including phenoxy) is 1. The number of nitrogens with two attached hydrogens (primary N) is 1. The van der Waals surface area contributed by atoms with Gasteiger partial charge in [-0.25, -0.2) is 14.4 Å². The maximum Gasteiger partial charge on any atom is 0.335 e. The topological polar surface area (TPSA) is 316 Å². The number of phenolic OH excluding ortho intramolecular Hbond substituents is 1. The van der Waals surface area contributed by atoms with E-state index < -0.39 is 36.5 Å². The lowest BCUT2D eigenvalue weighted by Crippen LogP contribution is -2.20. The van der Waals surface area contributed by atoms with Gasteiger partial charge in [-0.3, -0.25) is 9.59 Å². The largest absolute Gasteiger partial charge is 0.550 e. The maximum absolute atomic E-state index is 11.3. The van der Waals surface area contributed by atoms with E-state index in [1.807, 2.05) is 71.0 Å². The third-order valence-electron chi connectivity index (χ3n) is 9.36. The second kappa shape index (κ2) is 53.3. The third-order valence-corrected chi connectivity index (χ3v) is 13.1. The molecule has 0 unspecified atom stereocenters. The number of methoxy groups -OCH3 is 1. The third kappa shape index (κ3) is 51.1. The van der Waals surface area contributed by atoms with Crippen LogP contribution in [0.2, 0.25) is 10.0 Å². The van der Waals surface area contributed by atoms with Crippen molar-refractivity contribution in [2.24, 2.45) is 5.73 Å². The molecule has 1 aliphatic rings. The van der Waals surface area contributed by atoms with Crippen LogP contribution in [0.1, 0.15) is 150 Å². The van der Waals surface area contributed by atoms with Gasteiger partial charge in [-0.1, -0.05) is 139 Å². The van der Waals surface area contributed by atoms with Crippen LogP contribution in [0.4, 0.5) is 0 Å². The smallest absolute Gasteiger partial charge is 0.335 e. The molecule has 21 heteroatoms. The zero-order chi connectivity index (χ0) is 61.8. The summed E-state index contributed by atoms with van der Waals surface area (Å²) in [6.07, 6.45) is 11.9. The van der Waals surface area contributed by atoms with Crippen LogP contribution in [-0.4, -0.2) is 105 Å². The highest BCUT2D eigenvalue weighted by Gasteiger charge is 2.15. The number of hydrogen-bond donors (Lipinski definition) is 5. The second-order valence-electron chi connectivity index (χ2n) is 16.6. The molecule has 4 aromatic rings. The van der Waals surface area contributed by atoms with E-state index in [0.717, 1.165) is 73.8 Å². The van der Waals surface area contributed by atoms with Gasteiger partial charge in [0, 0.05) is 58.8 Å². The van der Waals surface area contributed by atoms with Crippen molar-refractivity contribution in [2.45, 2.75) is 131 Å². The number of aromatic hydroxyl groups is 1. The number of esters is 1. The monoisotopic (exact) mass is 1190 g/mol. The Morgan fingerprint density at radius 2 is 1.20 bits per heavy atom. The van der Waals surface area contributed by atoms with Crippen LogP contribution >= 0.6 is 44.8 Å². The zero-order valence-corrected chi connectivity index (χ0v) is 50.1. The fourth-order valence-electron chi connectivity index (χ4n) is 5.49. The lowest BCUT2D eigenvalue weighted by molar-refractivity contribution is -0.305. The summed E-state index contributed by atoms with van der Waals surface area (Å²) in [5, 5.41) is 53.8. The van der Waals surface area contributed by atoms with Gasteiger partial charge in [-0.2, -0.15) is 0 Å². The van der Waals surface area contributed by atoms with E-state index in [2.05, 4.69) is 11.7 Å². The number of Topliss-reactive ketones (excluding diaryl/α,β-unsaturated/α-hetero) is 4. The number of unbranched alkanes of at least 4 members (excludes halogenated alkanes) is 1. The minimum atomic E-state index is -1.42. The van der Waals surface area contributed by atoms with Crippen LogP contribution in [0, 0.1) is 0 Å². The first kappa shape index (κ1) is 80.1. The number of phenols is 1. The fourth-order valence-corrected chi connectivity index (χ4v) is 9.04. The summed E-state index contributed by atoms with van der Waals surface area (Å²) >= 11 is 12.4. The predicted octanol–water partition coefficient (Wildman–Crippen LogP) is 9.78. The normalized spacial score (nSPS) is 11.2. The number of carboxylic acid groups (broad SMARTS) is 4. The van der Waals surface area contributed by atoms with Gasteiger partial charge < -0.3 is 60.3 Å². The SMILES string of the molecule is CC(=O)CCCC[C@@H]1CCSS1.CC(=O)Cc1ccccc1Cc1c(Cl)cccc1Cl.CC(=O)c1ccccc1O.CCCC(=O)[O-].CCCC(C)=O.CCCN.COC(=O)/C=C/C(=O)[O-].O=C(O)CO.O=C(O)c1ccccc1. The zero-order valence-electron chi connectivity index (χ0n) is 46.9. The minimum Gasteiger partial charge on any atom is -0.550 e. The number of aliphatic hydroxyl groups excluding tert-OH is 1. The highest BCUT2D eigenvalue weighted by atomic mass is 35.5. The van der Waals surface area contributed by atoms with E-state index in [1.165, 1.54) is 38.0 Å². The molecular formula is C59H79Cl2NO16S2-2. The Bertz CT molecular complexity index is 2390. The van der Waals surface area contributed by atoms with Crippen LogP contribution < -0.4 is 15.9 Å². The fraction of sp³-hybridized carbons (Fsp3) is 0.407. The Hall–Kier alpha value is -6.35. The Morgan fingerprint density at radius 1 is 0.688 bits per heavy atom. The van der Waals surface area contributed by atoms with Crippen molar-refractivity contribution in [1.29, 1.82) is 0 Å². The van der Waals surface area contributed by atoms with Gasteiger partial charge in [0.15, 0.2) is 5.78 Å². The molecule has 444 valence electrons. The summed E-state index contributed by atoms with van der Waals surface area (Å²) in [5.74, 6) is -3.12. The number of carboxylic acids is 4. The van der Waals surface area contributed by atoms with Gasteiger partial charge in [0.2, 0.25) is 0 Å². The maximum atomic E-state index is 11.3. The first-order valence-corrected chi connectivity index (χ1v) is 28.4. The second-order valence-corrected chi connectivity index (χ2v) is 20.2. The lowest BCUT2D eigenvalue weighted by Gasteiger charge is -2.11. The van der Waals surface area contributed by atoms with Crippen LogP contribution in [0.25, 0.3) is 0 Å². The number of ketones is 4. The quantitative estimate of drug-likeness (QED) is 0.0192. The highest BCUT2D eigenvalue weighted by Crippen LogP contribution is 2.40.